The summed E-state index contributed by atoms with van der Waals surface area (Å²) >= 11 is 0. The molecule has 0 radical (unpaired) electrons. The lowest BCUT2D eigenvalue weighted by atomic mass is 10.0. The molecule has 0 fully saturated rings. The van der Waals surface area contributed by atoms with Gasteiger partial charge < -0.3 is 14.2 Å². The maximum Gasteiger partial charge on any atom is 0.330 e. The zero-order valence-electron chi connectivity index (χ0n) is 29.5. The molecular weight excluding hydrogens is 560 g/mol. The second-order valence-electron chi connectivity index (χ2n) is 12.8. The number of hydrogen-bond donors (Lipinski definition) is 0. The van der Waals surface area contributed by atoms with Crippen LogP contribution in [-0.4, -0.2) is 25.7 Å². The van der Waals surface area contributed by atoms with E-state index in [4.69, 9.17) is 14.2 Å². The van der Waals surface area contributed by atoms with Crippen molar-refractivity contribution in [1.82, 2.24) is 0 Å². The first-order chi connectivity index (χ1) is 22.1. The monoisotopic (exact) mass is 629 g/mol. The Kier molecular flexibility index (Phi) is 27.5. The average Bonchev–Trinajstić information content (AvgIpc) is 3.03. The molecule has 0 saturated heterocycles. The molecule has 0 N–H and O–H groups in total. The molecule has 0 spiro atoms. The normalized spacial score (nSPS) is 11.3. The van der Waals surface area contributed by atoms with E-state index in [0.717, 1.165) is 18.4 Å². The standard InChI is InChI=1S/C40H68O5/c1-4-5-6-7-8-9-10-11-12-13-14-15-16-17-18-19-20-21-22-23-24-25-26-27-28-29-34-44-40(42)33-31-37-30-32-38(43-3)39(35-37)45-36(2)41/h30-33,35H,4-29,34H2,1-3H3. The molecule has 5 heteroatoms. The maximum atomic E-state index is 12.0. The van der Waals surface area contributed by atoms with Gasteiger partial charge in [0.2, 0.25) is 0 Å². The fourth-order valence-electron chi connectivity index (χ4n) is 5.83. The Morgan fingerprint density at radius 1 is 0.578 bits per heavy atom. The van der Waals surface area contributed by atoms with E-state index in [0.29, 0.717) is 18.1 Å². The first-order valence-corrected chi connectivity index (χ1v) is 18.8. The topological polar surface area (TPSA) is 61.8 Å². The Morgan fingerprint density at radius 2 is 0.978 bits per heavy atom. The highest BCUT2D eigenvalue weighted by Gasteiger charge is 2.07. The third-order valence-electron chi connectivity index (χ3n) is 8.60. The van der Waals surface area contributed by atoms with Crippen LogP contribution in [0.15, 0.2) is 24.3 Å². The summed E-state index contributed by atoms with van der Waals surface area (Å²) in [6.45, 7) is 4.08. The van der Waals surface area contributed by atoms with Crippen molar-refractivity contribution in [2.45, 2.75) is 181 Å². The summed E-state index contributed by atoms with van der Waals surface area (Å²) in [6, 6.07) is 5.15. The molecule has 0 aliphatic carbocycles. The molecule has 0 atom stereocenters. The van der Waals surface area contributed by atoms with Gasteiger partial charge in [-0.15, -0.1) is 0 Å². The average molecular weight is 629 g/mol. The largest absolute Gasteiger partial charge is 0.493 e. The van der Waals surface area contributed by atoms with Crippen LogP contribution < -0.4 is 9.47 Å². The summed E-state index contributed by atoms with van der Waals surface area (Å²) in [5.41, 5.74) is 0.726. The number of unbranched alkanes of at least 4 members (excludes halogenated alkanes) is 25. The van der Waals surface area contributed by atoms with Crippen LogP contribution in [0, 0.1) is 0 Å². The van der Waals surface area contributed by atoms with Crippen LogP contribution in [0.5, 0.6) is 11.5 Å². The molecule has 0 aromatic heterocycles. The predicted octanol–water partition coefficient (Wildman–Crippen LogP) is 12.3. The van der Waals surface area contributed by atoms with Crippen molar-refractivity contribution >= 4 is 18.0 Å². The molecule has 0 saturated carbocycles. The minimum atomic E-state index is -0.426. The van der Waals surface area contributed by atoms with Crippen LogP contribution in [0.25, 0.3) is 6.08 Å². The van der Waals surface area contributed by atoms with Crippen molar-refractivity contribution in [3.8, 4) is 11.5 Å². The second-order valence-corrected chi connectivity index (χ2v) is 12.8. The van der Waals surface area contributed by atoms with Crippen LogP contribution in [0.3, 0.4) is 0 Å². The SMILES string of the molecule is CCCCCCCCCCCCCCCCCCCCCCCCCCCCOC(=O)C=Cc1ccc(OC)c(OC(C)=O)c1. The van der Waals surface area contributed by atoms with Crippen molar-refractivity contribution in [3.63, 3.8) is 0 Å². The van der Waals surface area contributed by atoms with Crippen LogP contribution in [0.2, 0.25) is 0 Å². The van der Waals surface area contributed by atoms with Crippen molar-refractivity contribution in [2.24, 2.45) is 0 Å². The van der Waals surface area contributed by atoms with E-state index < -0.39 is 5.97 Å². The van der Waals surface area contributed by atoms with E-state index in [1.807, 2.05) is 0 Å². The molecule has 0 aliphatic heterocycles. The maximum absolute atomic E-state index is 12.0. The first kappa shape index (κ1) is 40.7. The van der Waals surface area contributed by atoms with Gasteiger partial charge in [-0.2, -0.15) is 0 Å². The third kappa shape index (κ3) is 25.6. The van der Waals surface area contributed by atoms with Crippen LogP contribution in [0.1, 0.15) is 186 Å². The van der Waals surface area contributed by atoms with E-state index in [-0.39, 0.29) is 5.97 Å². The Balaban J connectivity index is 1.82. The summed E-state index contributed by atoms with van der Waals surface area (Å²) in [4.78, 5) is 23.3. The Morgan fingerprint density at radius 3 is 1.36 bits per heavy atom. The fourth-order valence-corrected chi connectivity index (χ4v) is 5.83. The number of ether oxygens (including phenoxy) is 3. The number of methoxy groups -OCH3 is 1. The number of rotatable bonds is 31. The van der Waals surface area contributed by atoms with E-state index in [1.54, 1.807) is 24.3 Å². The smallest absolute Gasteiger partial charge is 0.330 e. The summed E-state index contributed by atoms with van der Waals surface area (Å²) < 4.78 is 15.7. The molecule has 1 aromatic carbocycles. The van der Waals surface area contributed by atoms with Gasteiger partial charge in [0.1, 0.15) is 0 Å². The minimum absolute atomic E-state index is 0.325. The van der Waals surface area contributed by atoms with Crippen LogP contribution in [0.4, 0.5) is 0 Å². The predicted molar refractivity (Wildman–Crippen MR) is 190 cm³/mol. The minimum Gasteiger partial charge on any atom is -0.493 e. The molecule has 0 amide bonds. The zero-order chi connectivity index (χ0) is 32.6. The van der Waals surface area contributed by atoms with Crippen molar-refractivity contribution in [3.05, 3.63) is 29.8 Å². The number of hydrogen-bond acceptors (Lipinski definition) is 5. The molecule has 1 aromatic rings. The number of carbonyl (C=O) groups excluding carboxylic acids is 2. The van der Waals surface area contributed by atoms with Crippen molar-refractivity contribution < 1.29 is 23.8 Å². The third-order valence-corrected chi connectivity index (χ3v) is 8.60. The molecule has 5 nitrogen and oxygen atoms in total. The summed E-state index contributed by atoms with van der Waals surface area (Å²) in [7, 11) is 1.51. The molecule has 0 unspecified atom stereocenters. The molecule has 0 heterocycles. The lowest BCUT2D eigenvalue weighted by molar-refractivity contribution is -0.137. The Hall–Kier alpha value is -2.30. The van der Waals surface area contributed by atoms with Gasteiger partial charge in [-0.3, -0.25) is 4.79 Å². The van der Waals surface area contributed by atoms with Gasteiger partial charge in [-0.1, -0.05) is 174 Å². The van der Waals surface area contributed by atoms with Crippen LogP contribution in [-0.2, 0) is 14.3 Å². The Bertz CT molecular complexity index is 877. The lowest BCUT2D eigenvalue weighted by Crippen LogP contribution is -2.03. The van der Waals surface area contributed by atoms with Gasteiger partial charge >= 0.3 is 11.9 Å². The van der Waals surface area contributed by atoms with Gasteiger partial charge in [0.15, 0.2) is 11.5 Å². The lowest BCUT2D eigenvalue weighted by Gasteiger charge is -2.08. The van der Waals surface area contributed by atoms with Gasteiger partial charge in [0, 0.05) is 13.0 Å². The quantitative estimate of drug-likeness (QED) is 0.0354. The van der Waals surface area contributed by atoms with Gasteiger partial charge in [0.25, 0.3) is 0 Å². The summed E-state index contributed by atoms with van der Waals surface area (Å²) in [5, 5.41) is 0. The van der Waals surface area contributed by atoms with E-state index >= 15 is 0 Å². The first-order valence-electron chi connectivity index (χ1n) is 18.8. The number of benzene rings is 1. The van der Waals surface area contributed by atoms with Gasteiger partial charge in [-0.25, -0.2) is 4.79 Å². The van der Waals surface area contributed by atoms with Crippen LogP contribution >= 0.6 is 0 Å². The highest BCUT2D eigenvalue weighted by Crippen LogP contribution is 2.28. The van der Waals surface area contributed by atoms with Crippen molar-refractivity contribution in [1.29, 1.82) is 0 Å². The van der Waals surface area contributed by atoms with E-state index in [9.17, 15) is 9.59 Å². The van der Waals surface area contributed by atoms with Gasteiger partial charge in [-0.05, 0) is 30.2 Å². The molecule has 258 valence electrons. The zero-order valence-corrected chi connectivity index (χ0v) is 29.5. The molecular formula is C40H68O5. The van der Waals surface area contributed by atoms with Crippen molar-refractivity contribution in [2.75, 3.05) is 13.7 Å². The number of esters is 2. The second kappa shape index (κ2) is 30.4. The molecule has 45 heavy (non-hydrogen) atoms. The van der Waals surface area contributed by atoms with E-state index in [2.05, 4.69) is 6.92 Å². The molecule has 0 aliphatic rings. The highest BCUT2D eigenvalue weighted by atomic mass is 16.6. The summed E-state index contributed by atoms with van der Waals surface area (Å²) in [6.07, 6.45) is 38.9. The highest BCUT2D eigenvalue weighted by molar-refractivity contribution is 5.87. The summed E-state index contributed by atoms with van der Waals surface area (Å²) in [5.74, 6) is 0.000867. The van der Waals surface area contributed by atoms with Gasteiger partial charge in [0.05, 0.1) is 13.7 Å². The fraction of sp³-hybridized carbons (Fsp3) is 0.750. The molecule has 1 rings (SSSR count). The van der Waals surface area contributed by atoms with E-state index in [1.165, 1.54) is 174 Å². The Labute approximate surface area is 277 Å². The molecule has 0 bridgehead atoms. The number of carbonyl (C=O) groups is 2.